The van der Waals surface area contributed by atoms with Crippen molar-refractivity contribution in [1.29, 1.82) is 0 Å². The van der Waals surface area contributed by atoms with Gasteiger partial charge in [0.05, 0.1) is 0 Å². The van der Waals surface area contributed by atoms with Gasteiger partial charge in [0, 0.05) is 56.4 Å². The number of halogens is 1. The van der Waals surface area contributed by atoms with Crippen LogP contribution in [0.3, 0.4) is 0 Å². The smallest absolute Gasteiger partial charge is 0.282 e. The topological polar surface area (TPSA) is 109 Å². The maximum absolute atomic E-state index is 13.8. The summed E-state index contributed by atoms with van der Waals surface area (Å²) in [4.78, 5) is 17.7. The number of hydroxylamine groups is 1. The fourth-order valence-electron chi connectivity index (χ4n) is 5.22. The van der Waals surface area contributed by atoms with Gasteiger partial charge in [0.2, 0.25) is 0 Å². The minimum absolute atomic E-state index is 0.124. The second-order valence-electron chi connectivity index (χ2n) is 9.42. The molecule has 0 radical (unpaired) electrons. The van der Waals surface area contributed by atoms with Gasteiger partial charge in [-0.2, -0.15) is 17.0 Å². The van der Waals surface area contributed by atoms with Gasteiger partial charge in [-0.25, -0.2) is 9.87 Å². The van der Waals surface area contributed by atoms with Crippen molar-refractivity contribution in [3.05, 3.63) is 35.8 Å². The lowest BCUT2D eigenvalue weighted by Gasteiger charge is -2.42. The first-order valence-electron chi connectivity index (χ1n) is 11.6. The molecule has 0 bridgehead atoms. The average Bonchev–Trinajstić information content (AvgIpc) is 3.54. The number of piperidine rings is 1. The number of carbonyl (C=O) groups excluding carboxylic acids is 1. The van der Waals surface area contributed by atoms with Crippen LogP contribution >= 0.6 is 0 Å². The number of amides is 1. The predicted octanol–water partition coefficient (Wildman–Crippen LogP) is 1.63. The van der Waals surface area contributed by atoms with E-state index in [-0.39, 0.29) is 24.8 Å². The molecular weight excluding hydrogens is 449 g/mol. The molecule has 2 aromatic rings. The fourth-order valence-corrected chi connectivity index (χ4v) is 6.98. The van der Waals surface area contributed by atoms with Crippen LogP contribution in [-0.2, 0) is 15.0 Å². The van der Waals surface area contributed by atoms with Crippen molar-refractivity contribution < 1.29 is 22.8 Å². The van der Waals surface area contributed by atoms with Crippen LogP contribution in [0.5, 0.6) is 0 Å². The number of nitrogens with zero attached hydrogens (tertiary/aromatic N) is 3. The van der Waals surface area contributed by atoms with E-state index in [1.54, 1.807) is 11.5 Å². The highest BCUT2D eigenvalue weighted by Crippen LogP contribution is 2.35. The van der Waals surface area contributed by atoms with E-state index in [1.807, 2.05) is 6.20 Å². The molecule has 2 saturated heterocycles. The Balaban J connectivity index is 1.28. The predicted molar refractivity (Wildman–Crippen MR) is 120 cm³/mol. The summed E-state index contributed by atoms with van der Waals surface area (Å²) >= 11 is 0. The number of hydrogen-bond donors (Lipinski definition) is 3. The average molecular weight is 480 g/mol. The van der Waals surface area contributed by atoms with Gasteiger partial charge in [0.1, 0.15) is 11.9 Å². The lowest BCUT2D eigenvalue weighted by atomic mass is 9.90. The molecule has 1 amide bonds. The van der Waals surface area contributed by atoms with Crippen LogP contribution < -0.4 is 5.48 Å². The minimum atomic E-state index is -3.87. The van der Waals surface area contributed by atoms with Gasteiger partial charge in [0.15, 0.2) is 0 Å². The van der Waals surface area contributed by atoms with E-state index in [9.17, 15) is 22.8 Å². The van der Waals surface area contributed by atoms with Crippen molar-refractivity contribution in [2.24, 2.45) is 5.92 Å². The number of H-pyrrole nitrogens is 1. The summed E-state index contributed by atoms with van der Waals surface area (Å²) in [7, 11) is -3.87. The van der Waals surface area contributed by atoms with E-state index >= 15 is 0 Å². The van der Waals surface area contributed by atoms with Crippen LogP contribution in [0.2, 0.25) is 0 Å². The summed E-state index contributed by atoms with van der Waals surface area (Å²) in [6, 6.07) is 3.69. The normalized spacial score (nSPS) is 24.4. The summed E-state index contributed by atoms with van der Waals surface area (Å²) in [6.45, 7) is 2.58. The van der Waals surface area contributed by atoms with Gasteiger partial charge < -0.3 is 4.98 Å². The summed E-state index contributed by atoms with van der Waals surface area (Å²) in [5, 5.41) is 10.1. The zero-order chi connectivity index (χ0) is 23.2. The van der Waals surface area contributed by atoms with E-state index in [0.29, 0.717) is 38.4 Å². The molecule has 3 heterocycles. The first-order valence-corrected chi connectivity index (χ1v) is 13.0. The Labute approximate surface area is 192 Å². The Bertz CT molecular complexity index is 1130. The molecule has 9 nitrogen and oxygen atoms in total. The van der Waals surface area contributed by atoms with Crippen LogP contribution in [0.1, 0.15) is 37.2 Å². The molecule has 3 N–H and O–H groups in total. The van der Waals surface area contributed by atoms with Crippen molar-refractivity contribution in [1.82, 2.24) is 24.0 Å². The van der Waals surface area contributed by atoms with Crippen LogP contribution in [0.15, 0.2) is 24.4 Å². The Kier molecular flexibility index (Phi) is 6.17. The number of hydrogen-bond acceptors (Lipinski definition) is 5. The third-order valence-corrected chi connectivity index (χ3v) is 9.28. The standard InChI is InChI=1S/C22H30FN5O4S/c23-17-3-4-20-18(11-17)19(12-24-20)16-5-7-27(8-6-16)33(31,32)28-10-9-26(13-15-1-2-15)14-21(28)22(29)25-30/h3-4,11-12,15-16,21,24,30H,1-2,5-10,13-14H2,(H,25,29). The van der Waals surface area contributed by atoms with Gasteiger partial charge in [-0.1, -0.05) is 0 Å². The molecule has 2 aliphatic heterocycles. The van der Waals surface area contributed by atoms with Crippen molar-refractivity contribution in [3.8, 4) is 0 Å². The zero-order valence-corrected chi connectivity index (χ0v) is 19.2. The first-order chi connectivity index (χ1) is 15.9. The highest BCUT2D eigenvalue weighted by atomic mass is 32.2. The van der Waals surface area contributed by atoms with E-state index < -0.39 is 22.2 Å². The summed E-state index contributed by atoms with van der Waals surface area (Å²) in [5.74, 6) is -0.242. The number of rotatable bonds is 6. The number of fused-ring (bicyclic) bond motifs is 1. The molecule has 11 heteroatoms. The highest BCUT2D eigenvalue weighted by molar-refractivity contribution is 7.86. The van der Waals surface area contributed by atoms with Crippen molar-refractivity contribution in [3.63, 3.8) is 0 Å². The SMILES string of the molecule is O=C(NO)C1CN(CC2CC2)CCN1S(=O)(=O)N1CCC(c2c[nH]c3ccc(F)cc23)CC1. The maximum Gasteiger partial charge on any atom is 0.282 e. The molecular formula is C22H30FN5O4S. The Morgan fingerprint density at radius 2 is 1.91 bits per heavy atom. The Morgan fingerprint density at radius 1 is 1.15 bits per heavy atom. The highest BCUT2D eigenvalue weighted by Gasteiger charge is 2.43. The second kappa shape index (κ2) is 8.95. The molecule has 1 aromatic carbocycles. The van der Waals surface area contributed by atoms with Crippen molar-refractivity contribution in [2.75, 3.05) is 39.3 Å². The van der Waals surface area contributed by atoms with Gasteiger partial charge in [-0.3, -0.25) is 14.9 Å². The number of nitrogens with one attached hydrogen (secondary N) is 2. The molecule has 3 fully saturated rings. The van der Waals surface area contributed by atoms with Crippen LogP contribution in [0.4, 0.5) is 4.39 Å². The van der Waals surface area contributed by atoms with E-state index in [2.05, 4.69) is 9.88 Å². The third kappa shape index (κ3) is 4.52. The summed E-state index contributed by atoms with van der Waals surface area (Å²) in [5.41, 5.74) is 3.52. The second-order valence-corrected chi connectivity index (χ2v) is 11.3. The summed E-state index contributed by atoms with van der Waals surface area (Å²) < 4.78 is 43.4. The monoisotopic (exact) mass is 479 g/mol. The number of benzene rings is 1. The first kappa shape index (κ1) is 22.7. The van der Waals surface area contributed by atoms with E-state index in [1.165, 1.54) is 33.6 Å². The maximum atomic E-state index is 13.8. The minimum Gasteiger partial charge on any atom is -0.361 e. The van der Waals surface area contributed by atoms with Gasteiger partial charge in [-0.15, -0.1) is 0 Å². The molecule has 5 rings (SSSR count). The van der Waals surface area contributed by atoms with Crippen LogP contribution in [0, 0.1) is 11.7 Å². The number of aromatic amines is 1. The van der Waals surface area contributed by atoms with E-state index in [4.69, 9.17) is 0 Å². The zero-order valence-electron chi connectivity index (χ0n) is 18.4. The Morgan fingerprint density at radius 3 is 2.61 bits per heavy atom. The van der Waals surface area contributed by atoms with Gasteiger partial charge in [-0.05, 0) is 61.3 Å². The molecule has 0 spiro atoms. The summed E-state index contributed by atoms with van der Waals surface area (Å²) in [6.07, 6.45) is 5.46. The van der Waals surface area contributed by atoms with E-state index in [0.717, 1.165) is 23.0 Å². The number of aromatic nitrogens is 1. The fraction of sp³-hybridized carbons (Fsp3) is 0.591. The lowest BCUT2D eigenvalue weighted by molar-refractivity contribution is -0.135. The molecule has 1 unspecified atom stereocenters. The molecule has 1 saturated carbocycles. The largest absolute Gasteiger partial charge is 0.361 e. The van der Waals surface area contributed by atoms with Gasteiger partial charge >= 0.3 is 0 Å². The van der Waals surface area contributed by atoms with Crippen molar-refractivity contribution in [2.45, 2.75) is 37.6 Å². The van der Waals surface area contributed by atoms with Crippen LogP contribution in [0.25, 0.3) is 10.9 Å². The van der Waals surface area contributed by atoms with Gasteiger partial charge in [0.25, 0.3) is 16.1 Å². The molecule has 180 valence electrons. The molecule has 3 aliphatic rings. The van der Waals surface area contributed by atoms with Crippen LogP contribution in [-0.4, -0.2) is 83.3 Å². The molecule has 1 atom stereocenters. The lowest BCUT2D eigenvalue weighted by Crippen LogP contribution is -2.63. The Hall–Kier alpha value is -2.05. The third-order valence-electron chi connectivity index (χ3n) is 7.23. The molecule has 1 aliphatic carbocycles. The molecule has 1 aromatic heterocycles. The quantitative estimate of drug-likeness (QED) is 0.431. The molecule has 33 heavy (non-hydrogen) atoms. The van der Waals surface area contributed by atoms with Crippen molar-refractivity contribution >= 4 is 27.0 Å². The number of piperazine rings is 1. The number of carbonyl (C=O) groups is 1.